The van der Waals surface area contributed by atoms with E-state index in [0.717, 1.165) is 0 Å². The number of ether oxygens (including phenoxy) is 2. The highest BCUT2D eigenvalue weighted by molar-refractivity contribution is 6.05. The highest BCUT2D eigenvalue weighted by Gasteiger charge is 2.28. The standard InChI is InChI=1S/C18H18N2O4/c1-11-18(22)20(2)15-9-6-13(10-16(15)24-11)19-17(21)12-4-7-14(23-3)8-5-12/h4-11H,1-3H3,(H,19,21). The van der Waals surface area contributed by atoms with Crippen molar-refractivity contribution in [1.82, 2.24) is 0 Å². The van der Waals surface area contributed by atoms with E-state index in [1.165, 1.54) is 0 Å². The molecule has 0 saturated carbocycles. The molecular formula is C18H18N2O4. The molecule has 0 fully saturated rings. The monoisotopic (exact) mass is 326 g/mol. The first-order valence-corrected chi connectivity index (χ1v) is 7.53. The Balaban J connectivity index is 1.79. The van der Waals surface area contributed by atoms with Crippen molar-refractivity contribution in [3.63, 3.8) is 0 Å². The fraction of sp³-hybridized carbons (Fsp3) is 0.222. The number of fused-ring (bicyclic) bond motifs is 1. The molecule has 124 valence electrons. The van der Waals surface area contributed by atoms with Crippen LogP contribution in [0.25, 0.3) is 0 Å². The van der Waals surface area contributed by atoms with E-state index >= 15 is 0 Å². The van der Waals surface area contributed by atoms with Crippen molar-refractivity contribution in [3.8, 4) is 11.5 Å². The van der Waals surface area contributed by atoms with Gasteiger partial charge in [0.15, 0.2) is 6.10 Å². The van der Waals surface area contributed by atoms with E-state index in [9.17, 15) is 9.59 Å². The number of methoxy groups -OCH3 is 1. The first-order valence-electron chi connectivity index (χ1n) is 7.53. The predicted molar refractivity (Wildman–Crippen MR) is 90.9 cm³/mol. The molecule has 6 nitrogen and oxygen atoms in total. The highest BCUT2D eigenvalue weighted by atomic mass is 16.5. The van der Waals surface area contributed by atoms with Gasteiger partial charge in [0.2, 0.25) is 0 Å². The molecule has 0 bridgehead atoms. The number of nitrogens with zero attached hydrogens (tertiary/aromatic N) is 1. The van der Waals surface area contributed by atoms with Crippen LogP contribution in [-0.2, 0) is 4.79 Å². The van der Waals surface area contributed by atoms with Gasteiger partial charge in [0.05, 0.1) is 12.8 Å². The van der Waals surface area contributed by atoms with E-state index < -0.39 is 6.10 Å². The van der Waals surface area contributed by atoms with Gasteiger partial charge in [-0.15, -0.1) is 0 Å². The smallest absolute Gasteiger partial charge is 0.267 e. The van der Waals surface area contributed by atoms with E-state index in [1.54, 1.807) is 68.4 Å². The summed E-state index contributed by atoms with van der Waals surface area (Å²) in [6.07, 6.45) is -0.546. The molecule has 0 aromatic heterocycles. The van der Waals surface area contributed by atoms with Gasteiger partial charge in [-0.05, 0) is 43.3 Å². The van der Waals surface area contributed by atoms with Crippen LogP contribution in [0.4, 0.5) is 11.4 Å². The summed E-state index contributed by atoms with van der Waals surface area (Å²) in [4.78, 5) is 25.8. The Labute approximate surface area is 140 Å². The fourth-order valence-electron chi connectivity index (χ4n) is 2.54. The highest BCUT2D eigenvalue weighted by Crippen LogP contribution is 2.35. The lowest BCUT2D eigenvalue weighted by atomic mass is 10.1. The largest absolute Gasteiger partial charge is 0.497 e. The Morgan fingerprint density at radius 1 is 1.21 bits per heavy atom. The second kappa shape index (κ2) is 6.23. The van der Waals surface area contributed by atoms with Crippen LogP contribution in [0.2, 0.25) is 0 Å². The maximum atomic E-state index is 12.3. The van der Waals surface area contributed by atoms with Crippen LogP contribution in [0.15, 0.2) is 42.5 Å². The van der Waals surface area contributed by atoms with Gasteiger partial charge >= 0.3 is 0 Å². The summed E-state index contributed by atoms with van der Waals surface area (Å²) in [7, 11) is 3.28. The molecule has 1 unspecified atom stereocenters. The molecule has 0 spiro atoms. The third-order valence-electron chi connectivity index (χ3n) is 3.91. The Kier molecular flexibility index (Phi) is 4.12. The molecular weight excluding hydrogens is 308 g/mol. The van der Waals surface area contributed by atoms with E-state index in [1.807, 2.05) is 0 Å². The zero-order valence-electron chi connectivity index (χ0n) is 13.7. The maximum Gasteiger partial charge on any atom is 0.267 e. The molecule has 3 rings (SSSR count). The first kappa shape index (κ1) is 15.9. The maximum absolute atomic E-state index is 12.3. The number of carbonyl (C=O) groups is 2. The molecule has 0 radical (unpaired) electrons. The number of carbonyl (C=O) groups excluding carboxylic acids is 2. The number of rotatable bonds is 3. The minimum atomic E-state index is -0.546. The molecule has 1 aliphatic heterocycles. The molecule has 0 saturated heterocycles. The first-order chi connectivity index (χ1) is 11.5. The number of hydrogen-bond acceptors (Lipinski definition) is 4. The Hall–Kier alpha value is -3.02. The van der Waals surface area contributed by atoms with Gasteiger partial charge in [-0.25, -0.2) is 0 Å². The van der Waals surface area contributed by atoms with Crippen LogP contribution in [0.3, 0.4) is 0 Å². The molecule has 2 aromatic rings. The second-order valence-corrected chi connectivity index (χ2v) is 5.52. The zero-order valence-corrected chi connectivity index (χ0v) is 13.7. The minimum absolute atomic E-state index is 0.0995. The van der Waals surface area contributed by atoms with E-state index in [2.05, 4.69) is 5.32 Å². The summed E-state index contributed by atoms with van der Waals surface area (Å²) in [5, 5.41) is 2.82. The molecule has 2 aromatic carbocycles. The summed E-state index contributed by atoms with van der Waals surface area (Å²) in [5.74, 6) is 0.927. The third kappa shape index (κ3) is 2.90. The Morgan fingerprint density at radius 3 is 2.58 bits per heavy atom. The van der Waals surface area contributed by atoms with Crippen LogP contribution in [0, 0.1) is 0 Å². The SMILES string of the molecule is COc1ccc(C(=O)Nc2ccc3c(c2)OC(C)C(=O)N3C)cc1. The molecule has 24 heavy (non-hydrogen) atoms. The molecule has 1 heterocycles. The van der Waals surface area contributed by atoms with Crippen LogP contribution in [0.5, 0.6) is 11.5 Å². The topological polar surface area (TPSA) is 67.9 Å². The summed E-state index contributed by atoms with van der Waals surface area (Å²) in [5.41, 5.74) is 1.81. The molecule has 1 N–H and O–H groups in total. The van der Waals surface area contributed by atoms with Gasteiger partial charge < -0.3 is 19.7 Å². The average molecular weight is 326 g/mol. The van der Waals surface area contributed by atoms with Crippen LogP contribution >= 0.6 is 0 Å². The van der Waals surface area contributed by atoms with Crippen molar-refractivity contribution >= 4 is 23.2 Å². The van der Waals surface area contributed by atoms with Crippen molar-refractivity contribution in [2.24, 2.45) is 0 Å². The van der Waals surface area contributed by atoms with E-state index in [-0.39, 0.29) is 11.8 Å². The number of hydrogen-bond donors (Lipinski definition) is 1. The number of benzene rings is 2. The van der Waals surface area contributed by atoms with Crippen LogP contribution in [-0.4, -0.2) is 32.1 Å². The molecule has 0 aliphatic carbocycles. The van der Waals surface area contributed by atoms with Crippen molar-refractivity contribution in [1.29, 1.82) is 0 Å². The van der Waals surface area contributed by atoms with Crippen molar-refractivity contribution in [3.05, 3.63) is 48.0 Å². The lowest BCUT2D eigenvalue weighted by molar-refractivity contribution is -0.125. The molecule has 2 amide bonds. The van der Waals surface area contributed by atoms with Gasteiger partial charge in [-0.3, -0.25) is 9.59 Å². The lowest BCUT2D eigenvalue weighted by Gasteiger charge is -2.30. The van der Waals surface area contributed by atoms with E-state index in [4.69, 9.17) is 9.47 Å². The fourth-order valence-corrected chi connectivity index (χ4v) is 2.54. The third-order valence-corrected chi connectivity index (χ3v) is 3.91. The normalized spacial score (nSPS) is 16.2. The minimum Gasteiger partial charge on any atom is -0.497 e. The predicted octanol–water partition coefficient (Wildman–Crippen LogP) is 2.69. The molecule has 6 heteroatoms. The second-order valence-electron chi connectivity index (χ2n) is 5.52. The van der Waals surface area contributed by atoms with Gasteiger partial charge in [-0.1, -0.05) is 0 Å². The molecule has 1 atom stereocenters. The summed E-state index contributed by atoms with van der Waals surface area (Å²) in [6, 6.07) is 12.1. The Bertz CT molecular complexity index is 786. The number of likely N-dealkylation sites (N-methyl/N-ethyl adjacent to an activating group) is 1. The van der Waals surface area contributed by atoms with Crippen LogP contribution < -0.4 is 19.7 Å². The summed E-state index contributed by atoms with van der Waals surface area (Å²) in [6.45, 7) is 1.70. The van der Waals surface area contributed by atoms with Gasteiger partial charge in [0.25, 0.3) is 11.8 Å². The summed E-state index contributed by atoms with van der Waals surface area (Å²) < 4.78 is 10.7. The van der Waals surface area contributed by atoms with Crippen molar-refractivity contribution < 1.29 is 19.1 Å². The van der Waals surface area contributed by atoms with Crippen molar-refractivity contribution in [2.75, 3.05) is 24.4 Å². The Morgan fingerprint density at radius 2 is 1.92 bits per heavy atom. The van der Waals surface area contributed by atoms with Gasteiger partial charge in [-0.2, -0.15) is 0 Å². The number of nitrogens with one attached hydrogen (secondary N) is 1. The number of amides is 2. The van der Waals surface area contributed by atoms with Crippen molar-refractivity contribution in [2.45, 2.75) is 13.0 Å². The molecule has 1 aliphatic rings. The number of anilines is 2. The quantitative estimate of drug-likeness (QED) is 0.941. The summed E-state index contributed by atoms with van der Waals surface area (Å²) >= 11 is 0. The lowest BCUT2D eigenvalue weighted by Crippen LogP contribution is -2.41. The zero-order chi connectivity index (χ0) is 17.3. The van der Waals surface area contributed by atoms with Gasteiger partial charge in [0.1, 0.15) is 11.5 Å². The van der Waals surface area contributed by atoms with Crippen LogP contribution in [0.1, 0.15) is 17.3 Å². The van der Waals surface area contributed by atoms with Gasteiger partial charge in [0, 0.05) is 24.4 Å². The van der Waals surface area contributed by atoms with E-state index in [0.29, 0.717) is 28.4 Å². The average Bonchev–Trinajstić information content (AvgIpc) is 2.59.